The predicted molar refractivity (Wildman–Crippen MR) is 106 cm³/mol. The predicted octanol–water partition coefficient (Wildman–Crippen LogP) is 2.73. The number of pyridine rings is 1. The normalized spacial score (nSPS) is 16.4. The number of thiazole rings is 1. The molecule has 1 aliphatic rings. The maximum Gasteiger partial charge on any atom is 0.331 e. The van der Waals surface area contributed by atoms with Gasteiger partial charge in [-0.2, -0.15) is 0 Å². The van der Waals surface area contributed by atoms with Crippen molar-refractivity contribution in [3.8, 4) is 5.75 Å². The first-order valence-electron chi connectivity index (χ1n) is 8.39. The Balaban J connectivity index is 1.51. The summed E-state index contributed by atoms with van der Waals surface area (Å²) in [6.07, 6.45) is 4.03. The van der Waals surface area contributed by atoms with Crippen molar-refractivity contribution >= 4 is 44.3 Å². The van der Waals surface area contributed by atoms with E-state index in [0.29, 0.717) is 12.4 Å². The molecule has 1 aromatic carbocycles. The second kappa shape index (κ2) is 7.66. The number of nitrogens with zero attached hydrogens (tertiary/aromatic N) is 3. The lowest BCUT2D eigenvalue weighted by Gasteiger charge is -2.05. The van der Waals surface area contributed by atoms with E-state index in [-0.39, 0.29) is 5.97 Å². The summed E-state index contributed by atoms with van der Waals surface area (Å²) in [6.45, 7) is 0.509. The molecule has 1 aliphatic heterocycles. The summed E-state index contributed by atoms with van der Waals surface area (Å²) in [7, 11) is 3.37. The van der Waals surface area contributed by atoms with Crippen LogP contribution in [-0.4, -0.2) is 34.9 Å². The van der Waals surface area contributed by atoms with E-state index in [1.54, 1.807) is 11.3 Å². The highest BCUT2D eigenvalue weighted by atomic mass is 32.2. The highest BCUT2D eigenvalue weighted by molar-refractivity contribution is 8.15. The summed E-state index contributed by atoms with van der Waals surface area (Å²) in [5, 5.41) is 1.62. The van der Waals surface area contributed by atoms with Crippen LogP contribution in [0.15, 0.2) is 47.7 Å². The number of hydrogen-bond acceptors (Lipinski definition) is 7. The monoisotopic (exact) mass is 400 g/mol. The zero-order valence-electron chi connectivity index (χ0n) is 14.9. The first-order chi connectivity index (χ1) is 13.1. The molecule has 0 unspecified atom stereocenters. The van der Waals surface area contributed by atoms with Crippen molar-refractivity contribution in [2.24, 2.45) is 12.0 Å². The summed E-state index contributed by atoms with van der Waals surface area (Å²) >= 11 is 3.09. The number of carbonyl (C=O) groups excluding carboxylic acids is 1. The molecule has 4 rings (SSSR count). The van der Waals surface area contributed by atoms with Gasteiger partial charge in [-0.05, 0) is 24.3 Å². The molecule has 0 aliphatic carbocycles. The first-order valence-corrected chi connectivity index (χ1v) is 10.2. The number of aromatic nitrogens is 2. The van der Waals surface area contributed by atoms with Gasteiger partial charge in [-0.1, -0.05) is 0 Å². The standard InChI is InChI=1S/C19H18N3O3S2/c1-22-7-3-4-12(9-22)10-25-13-5-6-14-16(8-13)27-18(20-14)17-21-15(11-26-17)19(23)24-2/h3-9,15H,10-11H2,1-2H3/q+1/t15-/m1/s1. The number of esters is 1. The van der Waals surface area contributed by atoms with E-state index in [4.69, 9.17) is 9.47 Å². The second-order valence-corrected chi connectivity index (χ2v) is 8.14. The number of ether oxygens (including phenoxy) is 2. The first kappa shape index (κ1) is 17.9. The van der Waals surface area contributed by atoms with Crippen molar-refractivity contribution in [1.29, 1.82) is 0 Å². The lowest BCUT2D eigenvalue weighted by molar-refractivity contribution is -0.672. The van der Waals surface area contributed by atoms with Gasteiger partial charge in [-0.15, -0.1) is 23.1 Å². The third-order valence-electron chi connectivity index (χ3n) is 4.07. The fraction of sp³-hybridized carbons (Fsp3) is 0.263. The number of hydrogen-bond donors (Lipinski definition) is 0. The van der Waals surface area contributed by atoms with E-state index in [1.807, 2.05) is 54.3 Å². The number of fused-ring (bicyclic) bond motifs is 1. The second-order valence-electron chi connectivity index (χ2n) is 6.10. The number of rotatable bonds is 5. The van der Waals surface area contributed by atoms with Crippen molar-refractivity contribution in [3.05, 3.63) is 53.3 Å². The number of aryl methyl sites for hydroxylation is 1. The van der Waals surface area contributed by atoms with Gasteiger partial charge in [0.2, 0.25) is 0 Å². The van der Waals surface area contributed by atoms with Crippen LogP contribution in [0.3, 0.4) is 0 Å². The molecule has 2 aromatic heterocycles. The molecule has 0 saturated carbocycles. The Morgan fingerprint density at radius 1 is 1.37 bits per heavy atom. The highest BCUT2D eigenvalue weighted by Gasteiger charge is 2.27. The van der Waals surface area contributed by atoms with Gasteiger partial charge in [0.15, 0.2) is 18.4 Å². The van der Waals surface area contributed by atoms with Crippen LogP contribution in [0.25, 0.3) is 10.2 Å². The van der Waals surface area contributed by atoms with E-state index in [1.165, 1.54) is 18.9 Å². The Morgan fingerprint density at radius 3 is 3.07 bits per heavy atom. The van der Waals surface area contributed by atoms with Crippen molar-refractivity contribution < 1.29 is 18.8 Å². The molecule has 3 heterocycles. The van der Waals surface area contributed by atoms with Crippen LogP contribution < -0.4 is 9.30 Å². The lowest BCUT2D eigenvalue weighted by Crippen LogP contribution is -2.27. The number of methoxy groups -OCH3 is 1. The molecular weight excluding hydrogens is 382 g/mol. The highest BCUT2D eigenvalue weighted by Crippen LogP contribution is 2.32. The maximum atomic E-state index is 11.6. The Kier molecular flexibility index (Phi) is 5.09. The van der Waals surface area contributed by atoms with Gasteiger partial charge in [0.05, 0.1) is 22.9 Å². The Hall–Kier alpha value is -2.45. The summed E-state index contributed by atoms with van der Waals surface area (Å²) in [5.41, 5.74) is 2.01. The summed E-state index contributed by atoms with van der Waals surface area (Å²) < 4.78 is 13.7. The molecule has 0 bridgehead atoms. The van der Waals surface area contributed by atoms with E-state index in [2.05, 4.69) is 9.98 Å². The Bertz CT molecular complexity index is 1030. The topological polar surface area (TPSA) is 64.7 Å². The van der Waals surface area contributed by atoms with Gasteiger partial charge < -0.3 is 9.47 Å². The smallest absolute Gasteiger partial charge is 0.331 e. The van der Waals surface area contributed by atoms with Crippen molar-refractivity contribution in [2.45, 2.75) is 12.6 Å². The largest absolute Gasteiger partial charge is 0.489 e. The summed E-state index contributed by atoms with van der Waals surface area (Å²) in [5.74, 6) is 1.10. The number of aliphatic imine (C=N–C) groups is 1. The van der Waals surface area contributed by atoms with Crippen LogP contribution in [0.4, 0.5) is 0 Å². The molecule has 6 nitrogen and oxygen atoms in total. The molecule has 27 heavy (non-hydrogen) atoms. The van der Waals surface area contributed by atoms with Crippen molar-refractivity contribution in [3.63, 3.8) is 0 Å². The van der Waals surface area contributed by atoms with E-state index in [9.17, 15) is 4.79 Å². The fourth-order valence-electron chi connectivity index (χ4n) is 2.74. The third-order valence-corrected chi connectivity index (χ3v) is 6.28. The molecular formula is C19H18N3O3S2+. The number of thioether (sulfide) groups is 1. The summed E-state index contributed by atoms with van der Waals surface area (Å²) in [6, 6.07) is 9.48. The van der Waals surface area contributed by atoms with Crippen molar-refractivity contribution in [1.82, 2.24) is 4.98 Å². The van der Waals surface area contributed by atoms with E-state index in [0.717, 1.165) is 31.6 Å². The van der Waals surface area contributed by atoms with Gasteiger partial charge in [0.1, 0.15) is 29.5 Å². The molecule has 0 saturated heterocycles. The van der Waals surface area contributed by atoms with Crippen LogP contribution in [0.2, 0.25) is 0 Å². The fourth-order valence-corrected chi connectivity index (χ4v) is 4.82. The molecule has 1 atom stereocenters. The minimum atomic E-state index is -0.437. The molecule has 0 N–H and O–H groups in total. The average molecular weight is 401 g/mol. The van der Waals surface area contributed by atoms with E-state index < -0.39 is 6.04 Å². The Morgan fingerprint density at radius 2 is 2.26 bits per heavy atom. The quantitative estimate of drug-likeness (QED) is 0.487. The third kappa shape index (κ3) is 3.96. The summed E-state index contributed by atoms with van der Waals surface area (Å²) in [4.78, 5) is 20.7. The minimum Gasteiger partial charge on any atom is -0.489 e. The maximum absolute atomic E-state index is 11.6. The van der Waals surface area contributed by atoms with Gasteiger partial charge in [-0.3, -0.25) is 4.99 Å². The molecule has 0 spiro atoms. The molecule has 0 amide bonds. The Labute approximate surface area is 164 Å². The number of carbonyl (C=O) groups is 1. The molecule has 138 valence electrons. The van der Waals surface area contributed by atoms with Crippen LogP contribution in [-0.2, 0) is 23.2 Å². The zero-order valence-corrected chi connectivity index (χ0v) is 16.5. The molecule has 0 radical (unpaired) electrons. The van der Waals surface area contributed by atoms with Gasteiger partial charge in [-0.25, -0.2) is 14.3 Å². The van der Waals surface area contributed by atoms with Gasteiger partial charge in [0, 0.05) is 11.8 Å². The van der Waals surface area contributed by atoms with Crippen LogP contribution in [0, 0.1) is 0 Å². The van der Waals surface area contributed by atoms with Gasteiger partial charge >= 0.3 is 5.97 Å². The minimum absolute atomic E-state index is 0.302. The average Bonchev–Trinajstić information content (AvgIpc) is 3.32. The SMILES string of the molecule is COC(=O)[C@H]1CSC(c2nc3ccc(OCc4ccc[n+](C)c4)cc3s2)=N1. The lowest BCUT2D eigenvalue weighted by atomic mass is 10.3. The van der Waals surface area contributed by atoms with Crippen LogP contribution in [0.1, 0.15) is 10.6 Å². The van der Waals surface area contributed by atoms with Crippen LogP contribution >= 0.6 is 23.1 Å². The molecule has 3 aromatic rings. The number of benzene rings is 1. The zero-order chi connectivity index (χ0) is 18.8. The van der Waals surface area contributed by atoms with Gasteiger partial charge in [0.25, 0.3) is 0 Å². The van der Waals surface area contributed by atoms with E-state index >= 15 is 0 Å². The molecule has 0 fully saturated rings. The molecule has 8 heteroatoms. The van der Waals surface area contributed by atoms with Crippen LogP contribution in [0.5, 0.6) is 5.75 Å². The van der Waals surface area contributed by atoms with Crippen molar-refractivity contribution in [2.75, 3.05) is 12.9 Å².